The zero-order valence-corrected chi connectivity index (χ0v) is 18.3. The van der Waals surface area contributed by atoms with Crippen molar-refractivity contribution in [2.75, 3.05) is 26.2 Å². The van der Waals surface area contributed by atoms with E-state index in [1.807, 2.05) is 42.2 Å². The molecular formula is C26H32N2O3. The molecule has 2 saturated heterocycles. The molecule has 4 rings (SSSR count). The van der Waals surface area contributed by atoms with Crippen molar-refractivity contribution in [1.29, 1.82) is 0 Å². The van der Waals surface area contributed by atoms with Gasteiger partial charge in [-0.3, -0.25) is 9.59 Å². The summed E-state index contributed by atoms with van der Waals surface area (Å²) in [6, 6.07) is 18.6. The van der Waals surface area contributed by atoms with E-state index in [0.717, 1.165) is 42.4 Å². The lowest BCUT2D eigenvalue weighted by molar-refractivity contribution is -0.148. The highest BCUT2D eigenvalue weighted by Gasteiger charge is 2.44. The van der Waals surface area contributed by atoms with Crippen molar-refractivity contribution < 1.29 is 14.3 Å². The van der Waals surface area contributed by atoms with Gasteiger partial charge in [-0.25, -0.2) is 0 Å². The summed E-state index contributed by atoms with van der Waals surface area (Å²) in [6.45, 7) is 4.32. The van der Waals surface area contributed by atoms with Crippen molar-refractivity contribution in [3.63, 3.8) is 0 Å². The second-order valence-corrected chi connectivity index (χ2v) is 8.70. The molecule has 0 unspecified atom stereocenters. The number of carbonyl (C=O) groups is 2. The van der Waals surface area contributed by atoms with Gasteiger partial charge in [-0.15, -0.1) is 0 Å². The van der Waals surface area contributed by atoms with Gasteiger partial charge in [0.1, 0.15) is 6.10 Å². The average Bonchev–Trinajstić information content (AvgIpc) is 3.35. The van der Waals surface area contributed by atoms with E-state index in [1.165, 1.54) is 0 Å². The zero-order chi connectivity index (χ0) is 21.7. The van der Waals surface area contributed by atoms with Crippen molar-refractivity contribution in [2.24, 2.45) is 5.41 Å². The number of nitrogens with zero attached hydrogens (tertiary/aromatic N) is 1. The van der Waals surface area contributed by atoms with Crippen LogP contribution >= 0.6 is 0 Å². The van der Waals surface area contributed by atoms with Crippen LogP contribution in [-0.2, 0) is 20.7 Å². The maximum absolute atomic E-state index is 13.4. The molecule has 0 saturated carbocycles. The monoisotopic (exact) mass is 420 g/mol. The van der Waals surface area contributed by atoms with Crippen molar-refractivity contribution in [1.82, 2.24) is 10.2 Å². The van der Waals surface area contributed by atoms with E-state index in [9.17, 15) is 9.59 Å². The number of rotatable bonds is 6. The van der Waals surface area contributed by atoms with Gasteiger partial charge in [0.05, 0.1) is 5.41 Å². The molecule has 2 amide bonds. The molecule has 0 aliphatic carbocycles. The Morgan fingerprint density at radius 2 is 1.87 bits per heavy atom. The van der Waals surface area contributed by atoms with E-state index in [2.05, 4.69) is 29.6 Å². The zero-order valence-electron chi connectivity index (χ0n) is 18.3. The summed E-state index contributed by atoms with van der Waals surface area (Å²) in [5.74, 6) is 0.0879. The Hall–Kier alpha value is -2.66. The summed E-state index contributed by atoms with van der Waals surface area (Å²) < 4.78 is 5.65. The highest BCUT2D eigenvalue weighted by molar-refractivity contribution is 5.86. The van der Waals surface area contributed by atoms with Crippen LogP contribution in [0.25, 0.3) is 11.1 Å². The number of hydrogen-bond donors (Lipinski definition) is 1. The summed E-state index contributed by atoms with van der Waals surface area (Å²) in [5, 5.41) is 3.06. The van der Waals surface area contributed by atoms with Gasteiger partial charge >= 0.3 is 0 Å². The molecular weight excluding hydrogens is 388 g/mol. The van der Waals surface area contributed by atoms with Crippen LogP contribution in [0.5, 0.6) is 0 Å². The lowest BCUT2D eigenvalue weighted by Gasteiger charge is -2.42. The third-order valence-corrected chi connectivity index (χ3v) is 6.54. The summed E-state index contributed by atoms with van der Waals surface area (Å²) in [7, 11) is 0. The Kier molecular flexibility index (Phi) is 6.71. The van der Waals surface area contributed by atoms with E-state index >= 15 is 0 Å². The van der Waals surface area contributed by atoms with E-state index in [0.29, 0.717) is 32.7 Å². The highest BCUT2D eigenvalue weighted by atomic mass is 16.5. The standard InChI is InChI=1S/C26H32N2O3/c1-2-27-25(30)26(15-9-16-28(19-26)24(29)23-14-8-17-31-23)18-21-12-6-7-13-22(21)20-10-4-3-5-11-20/h3-7,10-13,23H,2,8-9,14-19H2,1H3,(H,27,30)/t23-,26+/m1/s1. The van der Waals surface area contributed by atoms with Gasteiger partial charge in [-0.1, -0.05) is 54.6 Å². The molecule has 2 aliphatic rings. The normalized spacial score (nSPS) is 23.5. The third kappa shape index (κ3) is 4.67. The lowest BCUT2D eigenvalue weighted by Crippen LogP contribution is -2.56. The molecule has 2 aromatic carbocycles. The van der Waals surface area contributed by atoms with Gasteiger partial charge in [0, 0.05) is 26.2 Å². The van der Waals surface area contributed by atoms with Gasteiger partial charge in [0.2, 0.25) is 5.91 Å². The molecule has 0 aromatic heterocycles. The van der Waals surface area contributed by atoms with Gasteiger partial charge in [0.15, 0.2) is 0 Å². The largest absolute Gasteiger partial charge is 0.368 e. The Morgan fingerprint density at radius 1 is 1.10 bits per heavy atom. The van der Waals surface area contributed by atoms with Crippen LogP contribution in [0.1, 0.15) is 38.2 Å². The molecule has 2 aliphatic heterocycles. The van der Waals surface area contributed by atoms with Crippen LogP contribution in [0.3, 0.4) is 0 Å². The van der Waals surface area contributed by atoms with E-state index in [1.54, 1.807) is 0 Å². The second-order valence-electron chi connectivity index (χ2n) is 8.70. The summed E-state index contributed by atoms with van der Waals surface area (Å²) in [6.07, 6.45) is 3.57. The smallest absolute Gasteiger partial charge is 0.251 e. The predicted molar refractivity (Wildman–Crippen MR) is 121 cm³/mol. The van der Waals surface area contributed by atoms with Crippen LogP contribution in [0.15, 0.2) is 54.6 Å². The van der Waals surface area contributed by atoms with E-state index in [-0.39, 0.29) is 17.9 Å². The van der Waals surface area contributed by atoms with Crippen molar-refractivity contribution in [2.45, 2.75) is 45.1 Å². The fourth-order valence-corrected chi connectivity index (χ4v) is 4.99. The maximum Gasteiger partial charge on any atom is 0.251 e. The van der Waals surface area contributed by atoms with Crippen molar-refractivity contribution >= 4 is 11.8 Å². The van der Waals surface area contributed by atoms with Gasteiger partial charge in [-0.2, -0.15) is 0 Å². The van der Waals surface area contributed by atoms with Crippen molar-refractivity contribution in [3.8, 4) is 11.1 Å². The molecule has 2 fully saturated rings. The molecule has 31 heavy (non-hydrogen) atoms. The first-order valence-electron chi connectivity index (χ1n) is 11.4. The van der Waals surface area contributed by atoms with Gasteiger partial charge < -0.3 is 15.0 Å². The molecule has 2 atom stereocenters. The molecule has 2 aromatic rings. The highest BCUT2D eigenvalue weighted by Crippen LogP contribution is 2.37. The number of amides is 2. The Bertz CT molecular complexity index is 908. The summed E-state index contributed by atoms with van der Waals surface area (Å²) in [5.41, 5.74) is 2.81. The van der Waals surface area contributed by atoms with Gasteiger partial charge in [-0.05, 0) is 55.7 Å². The topological polar surface area (TPSA) is 58.6 Å². The molecule has 164 valence electrons. The molecule has 5 nitrogen and oxygen atoms in total. The fraction of sp³-hybridized carbons (Fsp3) is 0.462. The SMILES string of the molecule is CCNC(=O)[C@]1(Cc2ccccc2-c2ccccc2)CCCN(C(=O)[C@H]2CCCO2)C1. The second kappa shape index (κ2) is 9.65. The molecule has 0 bridgehead atoms. The van der Waals surface area contributed by atoms with Crippen LogP contribution in [0.4, 0.5) is 0 Å². The first-order valence-corrected chi connectivity index (χ1v) is 11.4. The molecule has 1 N–H and O–H groups in total. The average molecular weight is 421 g/mol. The number of hydrogen-bond acceptors (Lipinski definition) is 3. The van der Waals surface area contributed by atoms with Crippen LogP contribution in [-0.4, -0.2) is 49.1 Å². The van der Waals surface area contributed by atoms with E-state index < -0.39 is 5.41 Å². The molecule has 2 heterocycles. The van der Waals surface area contributed by atoms with Crippen LogP contribution < -0.4 is 5.32 Å². The number of likely N-dealkylation sites (tertiary alicyclic amines) is 1. The van der Waals surface area contributed by atoms with E-state index in [4.69, 9.17) is 4.74 Å². The lowest BCUT2D eigenvalue weighted by atomic mass is 9.73. The molecule has 0 radical (unpaired) electrons. The molecule has 5 heteroatoms. The first-order chi connectivity index (χ1) is 15.1. The molecule has 0 spiro atoms. The fourth-order valence-electron chi connectivity index (χ4n) is 4.99. The van der Waals surface area contributed by atoms with Gasteiger partial charge in [0.25, 0.3) is 5.91 Å². The Balaban J connectivity index is 1.65. The Morgan fingerprint density at radius 3 is 2.61 bits per heavy atom. The number of carbonyl (C=O) groups excluding carboxylic acids is 2. The first kappa shape index (κ1) is 21.6. The minimum absolute atomic E-state index is 0.0437. The minimum Gasteiger partial charge on any atom is -0.368 e. The number of benzene rings is 2. The Labute approximate surface area is 184 Å². The van der Waals surface area contributed by atoms with Crippen LogP contribution in [0, 0.1) is 5.41 Å². The summed E-state index contributed by atoms with van der Waals surface area (Å²) in [4.78, 5) is 28.3. The predicted octanol–water partition coefficient (Wildman–Crippen LogP) is 3.82. The third-order valence-electron chi connectivity index (χ3n) is 6.54. The maximum atomic E-state index is 13.4. The minimum atomic E-state index is -0.632. The summed E-state index contributed by atoms with van der Waals surface area (Å²) >= 11 is 0. The van der Waals surface area contributed by atoms with Crippen molar-refractivity contribution in [3.05, 3.63) is 60.2 Å². The van der Waals surface area contributed by atoms with Crippen LogP contribution in [0.2, 0.25) is 0 Å². The quantitative estimate of drug-likeness (QED) is 0.773. The number of nitrogens with one attached hydrogen (secondary N) is 1. The number of ether oxygens (including phenoxy) is 1. The number of piperidine rings is 1.